The summed E-state index contributed by atoms with van der Waals surface area (Å²) in [5.74, 6) is 2.35. The summed E-state index contributed by atoms with van der Waals surface area (Å²) >= 11 is 0. The second kappa shape index (κ2) is 10.3. The van der Waals surface area contributed by atoms with Crippen molar-refractivity contribution in [3.05, 3.63) is 23.8 Å². The lowest BCUT2D eigenvalue weighted by molar-refractivity contribution is 0.0683. The number of hydrogen-bond donors (Lipinski definition) is 1. The van der Waals surface area contributed by atoms with Crippen LogP contribution in [-0.4, -0.2) is 68.0 Å². The van der Waals surface area contributed by atoms with Crippen LogP contribution < -0.4 is 9.47 Å². The summed E-state index contributed by atoms with van der Waals surface area (Å²) in [7, 11) is 3.85. The minimum atomic E-state index is -0.475. The molecule has 1 saturated carbocycles. The van der Waals surface area contributed by atoms with Crippen molar-refractivity contribution in [3.8, 4) is 11.5 Å². The summed E-state index contributed by atoms with van der Waals surface area (Å²) in [5, 5.41) is 10.4. The SMILES string of the molecule is COc1cc(CN(C)CC2CC2)ccc1OC[C@H](O)CN1CCCCCC1. The lowest BCUT2D eigenvalue weighted by Crippen LogP contribution is -2.36. The fourth-order valence-electron chi connectivity index (χ4n) is 3.90. The number of aliphatic hydroxyl groups is 1. The first kappa shape index (κ1) is 20.4. The van der Waals surface area contributed by atoms with Crippen molar-refractivity contribution in [2.45, 2.75) is 51.2 Å². The maximum Gasteiger partial charge on any atom is 0.161 e. The van der Waals surface area contributed by atoms with Crippen molar-refractivity contribution >= 4 is 0 Å². The van der Waals surface area contributed by atoms with Gasteiger partial charge in [-0.1, -0.05) is 18.9 Å². The topological polar surface area (TPSA) is 45.2 Å². The highest BCUT2D eigenvalue weighted by molar-refractivity contribution is 5.43. The van der Waals surface area contributed by atoms with Crippen LogP contribution in [0.2, 0.25) is 0 Å². The highest BCUT2D eigenvalue weighted by Crippen LogP contribution is 2.31. The zero-order chi connectivity index (χ0) is 19.1. The predicted octanol–water partition coefficient (Wildman–Crippen LogP) is 3.15. The van der Waals surface area contributed by atoms with Crippen molar-refractivity contribution in [3.63, 3.8) is 0 Å². The van der Waals surface area contributed by atoms with Crippen LogP contribution in [0.15, 0.2) is 18.2 Å². The van der Waals surface area contributed by atoms with E-state index in [1.54, 1.807) is 7.11 Å². The third-order valence-corrected chi connectivity index (χ3v) is 5.55. The van der Waals surface area contributed by atoms with Gasteiger partial charge in [-0.3, -0.25) is 0 Å². The van der Waals surface area contributed by atoms with Crippen molar-refractivity contribution in [2.75, 3.05) is 46.9 Å². The van der Waals surface area contributed by atoms with Crippen LogP contribution in [0.5, 0.6) is 11.5 Å². The number of β-amino-alcohol motifs (C(OH)–C–C–N with tert-alkyl or cyclic N) is 1. The van der Waals surface area contributed by atoms with Crippen LogP contribution in [0, 0.1) is 5.92 Å². The predicted molar refractivity (Wildman–Crippen MR) is 108 cm³/mol. The van der Waals surface area contributed by atoms with Gasteiger partial charge >= 0.3 is 0 Å². The van der Waals surface area contributed by atoms with Crippen molar-refractivity contribution in [2.24, 2.45) is 5.92 Å². The summed E-state index contributed by atoms with van der Waals surface area (Å²) in [6, 6.07) is 6.13. The molecule has 0 spiro atoms. The van der Waals surface area contributed by atoms with Gasteiger partial charge in [0, 0.05) is 19.6 Å². The Morgan fingerprint density at radius 1 is 1.15 bits per heavy atom. The Balaban J connectivity index is 1.48. The Kier molecular flexibility index (Phi) is 7.80. The summed E-state index contributed by atoms with van der Waals surface area (Å²) in [5.41, 5.74) is 1.23. The average Bonchev–Trinajstić information content (AvgIpc) is 3.48. The van der Waals surface area contributed by atoms with E-state index in [9.17, 15) is 5.11 Å². The van der Waals surface area contributed by atoms with Crippen molar-refractivity contribution in [1.29, 1.82) is 0 Å². The van der Waals surface area contributed by atoms with E-state index in [0.29, 0.717) is 18.9 Å². The normalized spacial score (nSPS) is 19.7. The molecule has 1 atom stereocenters. The van der Waals surface area contributed by atoms with Gasteiger partial charge < -0.3 is 24.4 Å². The van der Waals surface area contributed by atoms with E-state index < -0.39 is 6.10 Å². The van der Waals surface area contributed by atoms with Crippen LogP contribution in [0.25, 0.3) is 0 Å². The second-order valence-corrected chi connectivity index (χ2v) is 8.30. The highest BCUT2D eigenvalue weighted by atomic mass is 16.5. The molecule has 0 amide bonds. The van der Waals surface area contributed by atoms with Crippen molar-refractivity contribution < 1.29 is 14.6 Å². The van der Waals surface area contributed by atoms with E-state index in [-0.39, 0.29) is 0 Å². The van der Waals surface area contributed by atoms with E-state index >= 15 is 0 Å². The van der Waals surface area contributed by atoms with Crippen molar-refractivity contribution in [1.82, 2.24) is 9.80 Å². The molecule has 0 unspecified atom stereocenters. The molecule has 1 heterocycles. The summed E-state index contributed by atoms with van der Waals surface area (Å²) < 4.78 is 11.4. The Morgan fingerprint density at radius 2 is 1.89 bits per heavy atom. The van der Waals surface area contributed by atoms with Gasteiger partial charge in [0.2, 0.25) is 0 Å². The Bertz CT molecular complexity index is 569. The van der Waals surface area contributed by atoms with Gasteiger partial charge in [0.15, 0.2) is 11.5 Å². The summed E-state index contributed by atoms with van der Waals surface area (Å²) in [6.07, 6.45) is 7.36. The molecule has 1 saturated heterocycles. The van der Waals surface area contributed by atoms with Crippen LogP contribution >= 0.6 is 0 Å². The third-order valence-electron chi connectivity index (χ3n) is 5.55. The van der Waals surface area contributed by atoms with Gasteiger partial charge in [-0.25, -0.2) is 0 Å². The van der Waals surface area contributed by atoms with Crippen LogP contribution in [0.1, 0.15) is 44.1 Å². The largest absolute Gasteiger partial charge is 0.493 e. The number of likely N-dealkylation sites (tertiary alicyclic amines) is 1. The standard InChI is InChI=1S/C22H36N2O3/c1-23(14-18-7-8-18)15-19-9-10-21(22(13-19)26-2)27-17-20(25)16-24-11-5-3-4-6-12-24/h9-10,13,18,20,25H,3-8,11-12,14-17H2,1-2H3/t20-/m1/s1. The molecular weight excluding hydrogens is 340 g/mol. The molecule has 1 aromatic rings. The number of methoxy groups -OCH3 is 1. The number of hydrogen-bond acceptors (Lipinski definition) is 5. The quantitative estimate of drug-likeness (QED) is 0.680. The first-order chi connectivity index (χ1) is 13.1. The van der Waals surface area contributed by atoms with Gasteiger partial charge in [-0.05, 0) is 69.4 Å². The molecule has 0 aromatic heterocycles. The molecule has 0 bridgehead atoms. The molecule has 27 heavy (non-hydrogen) atoms. The monoisotopic (exact) mass is 376 g/mol. The molecule has 5 nitrogen and oxygen atoms in total. The molecule has 3 rings (SSSR count). The molecule has 5 heteroatoms. The summed E-state index contributed by atoms with van der Waals surface area (Å²) in [4.78, 5) is 4.73. The molecular formula is C22H36N2O3. The van der Waals surface area contributed by atoms with Gasteiger partial charge in [-0.15, -0.1) is 0 Å². The van der Waals surface area contributed by atoms with Crippen LogP contribution in [0.4, 0.5) is 0 Å². The van der Waals surface area contributed by atoms with Crippen LogP contribution in [0.3, 0.4) is 0 Å². The minimum absolute atomic E-state index is 0.299. The molecule has 0 radical (unpaired) electrons. The average molecular weight is 377 g/mol. The zero-order valence-corrected chi connectivity index (χ0v) is 17.0. The number of benzene rings is 1. The Labute approximate surface area is 164 Å². The molecule has 1 N–H and O–H groups in total. The number of ether oxygens (including phenoxy) is 2. The molecule has 1 aromatic carbocycles. The molecule has 1 aliphatic heterocycles. The Morgan fingerprint density at radius 3 is 2.56 bits per heavy atom. The Hall–Kier alpha value is -1.30. The lowest BCUT2D eigenvalue weighted by atomic mass is 10.2. The van der Waals surface area contributed by atoms with E-state index in [1.807, 2.05) is 6.07 Å². The van der Waals surface area contributed by atoms with E-state index in [1.165, 1.54) is 50.6 Å². The maximum absolute atomic E-state index is 10.4. The minimum Gasteiger partial charge on any atom is -0.493 e. The van der Waals surface area contributed by atoms with Gasteiger partial charge in [0.25, 0.3) is 0 Å². The van der Waals surface area contributed by atoms with Crippen LogP contribution in [-0.2, 0) is 6.54 Å². The number of nitrogens with zero attached hydrogens (tertiary/aromatic N) is 2. The van der Waals surface area contributed by atoms with E-state index in [4.69, 9.17) is 9.47 Å². The first-order valence-electron chi connectivity index (χ1n) is 10.5. The van der Waals surface area contributed by atoms with E-state index in [2.05, 4.69) is 29.0 Å². The smallest absolute Gasteiger partial charge is 0.161 e. The zero-order valence-electron chi connectivity index (χ0n) is 17.0. The summed E-state index contributed by atoms with van der Waals surface area (Å²) in [6.45, 7) is 5.25. The molecule has 2 fully saturated rings. The lowest BCUT2D eigenvalue weighted by Gasteiger charge is -2.23. The fourth-order valence-corrected chi connectivity index (χ4v) is 3.90. The number of rotatable bonds is 10. The molecule has 152 valence electrons. The maximum atomic E-state index is 10.4. The number of aliphatic hydroxyl groups excluding tert-OH is 1. The highest BCUT2D eigenvalue weighted by Gasteiger charge is 2.23. The van der Waals surface area contributed by atoms with Gasteiger partial charge in [0.1, 0.15) is 12.7 Å². The van der Waals surface area contributed by atoms with E-state index in [0.717, 1.165) is 31.3 Å². The van der Waals surface area contributed by atoms with Gasteiger partial charge in [-0.2, -0.15) is 0 Å². The molecule has 2 aliphatic rings. The third kappa shape index (κ3) is 6.98. The first-order valence-corrected chi connectivity index (χ1v) is 10.5. The molecule has 1 aliphatic carbocycles. The second-order valence-electron chi connectivity index (χ2n) is 8.30. The van der Waals surface area contributed by atoms with Gasteiger partial charge in [0.05, 0.1) is 7.11 Å². The fraction of sp³-hybridized carbons (Fsp3) is 0.727.